The first-order chi connectivity index (χ1) is 7.76. The minimum atomic E-state index is 0.230. The van der Waals surface area contributed by atoms with Crippen LogP contribution in [0.25, 0.3) is 0 Å². The number of carbonyl (C=O) groups is 1. The van der Waals surface area contributed by atoms with Crippen LogP contribution in [0.5, 0.6) is 5.75 Å². The van der Waals surface area contributed by atoms with Crippen molar-refractivity contribution in [3.8, 4) is 17.6 Å². The van der Waals surface area contributed by atoms with E-state index in [9.17, 15) is 4.79 Å². The van der Waals surface area contributed by atoms with Crippen molar-refractivity contribution >= 4 is 5.78 Å². The number of rotatable bonds is 5. The fraction of sp³-hybridized carbons (Fsp3) is 0.357. The first-order valence-corrected chi connectivity index (χ1v) is 5.30. The van der Waals surface area contributed by atoms with Gasteiger partial charge in [-0.1, -0.05) is 12.1 Å². The fourth-order valence-electron chi connectivity index (χ4n) is 1.39. The Morgan fingerprint density at radius 2 is 2.00 bits per heavy atom. The van der Waals surface area contributed by atoms with Crippen molar-refractivity contribution < 1.29 is 9.53 Å². The standard InChI is InChI=1S/C14H16O2/c1-3-4-5-6-13(15)11-12-7-9-14(16-2)10-8-12/h7-10H,5-6,11H2,1-2H3. The molecule has 1 rings (SSSR count). The Balaban J connectivity index is 2.45. The number of methoxy groups -OCH3 is 1. The molecule has 0 atom stereocenters. The molecule has 0 bridgehead atoms. The minimum absolute atomic E-state index is 0.230. The highest BCUT2D eigenvalue weighted by Gasteiger charge is 2.02. The van der Waals surface area contributed by atoms with E-state index < -0.39 is 0 Å². The first-order valence-electron chi connectivity index (χ1n) is 5.30. The summed E-state index contributed by atoms with van der Waals surface area (Å²) in [4.78, 5) is 11.5. The summed E-state index contributed by atoms with van der Waals surface area (Å²) in [5, 5.41) is 0. The number of ether oxygens (including phenoxy) is 1. The zero-order valence-electron chi connectivity index (χ0n) is 9.75. The molecule has 0 radical (unpaired) electrons. The Kier molecular flexibility index (Phi) is 5.15. The molecule has 1 aromatic carbocycles. The minimum Gasteiger partial charge on any atom is -0.497 e. The molecule has 0 N–H and O–H groups in total. The SMILES string of the molecule is CC#CCCC(=O)Cc1ccc(OC)cc1. The van der Waals surface area contributed by atoms with Gasteiger partial charge in [0, 0.05) is 19.3 Å². The van der Waals surface area contributed by atoms with Gasteiger partial charge in [-0.05, 0) is 24.6 Å². The average Bonchev–Trinajstić information content (AvgIpc) is 2.30. The van der Waals surface area contributed by atoms with E-state index in [1.54, 1.807) is 14.0 Å². The highest BCUT2D eigenvalue weighted by Crippen LogP contribution is 2.12. The number of ketones is 1. The molecule has 84 valence electrons. The Hall–Kier alpha value is -1.75. The summed E-state index contributed by atoms with van der Waals surface area (Å²) in [7, 11) is 1.63. The van der Waals surface area contributed by atoms with Gasteiger partial charge >= 0.3 is 0 Å². The molecule has 0 amide bonds. The number of hydrogen-bond acceptors (Lipinski definition) is 2. The van der Waals surface area contributed by atoms with Crippen LogP contribution in [0.3, 0.4) is 0 Å². The normalized spacial score (nSPS) is 9.12. The Morgan fingerprint density at radius 1 is 1.31 bits per heavy atom. The summed E-state index contributed by atoms with van der Waals surface area (Å²) in [5.41, 5.74) is 1.02. The van der Waals surface area contributed by atoms with Crippen LogP contribution in [-0.2, 0) is 11.2 Å². The van der Waals surface area contributed by atoms with Gasteiger partial charge in [-0.3, -0.25) is 4.79 Å². The van der Waals surface area contributed by atoms with Crippen molar-refractivity contribution in [2.75, 3.05) is 7.11 Å². The topological polar surface area (TPSA) is 26.3 Å². The van der Waals surface area contributed by atoms with Crippen LogP contribution >= 0.6 is 0 Å². The van der Waals surface area contributed by atoms with Crippen LogP contribution in [0, 0.1) is 11.8 Å². The van der Waals surface area contributed by atoms with E-state index in [1.807, 2.05) is 24.3 Å². The molecule has 0 aliphatic rings. The number of hydrogen-bond donors (Lipinski definition) is 0. The molecule has 0 spiro atoms. The van der Waals surface area contributed by atoms with Gasteiger partial charge in [-0.15, -0.1) is 11.8 Å². The maximum atomic E-state index is 11.5. The lowest BCUT2D eigenvalue weighted by atomic mass is 10.1. The van der Waals surface area contributed by atoms with Crippen molar-refractivity contribution in [2.24, 2.45) is 0 Å². The van der Waals surface area contributed by atoms with Gasteiger partial charge in [0.25, 0.3) is 0 Å². The molecule has 0 aliphatic heterocycles. The third-order valence-electron chi connectivity index (χ3n) is 2.27. The predicted molar refractivity (Wildman–Crippen MR) is 64.4 cm³/mol. The van der Waals surface area contributed by atoms with Crippen molar-refractivity contribution in [1.82, 2.24) is 0 Å². The van der Waals surface area contributed by atoms with E-state index in [0.29, 0.717) is 19.3 Å². The molecular formula is C14H16O2. The molecule has 0 aromatic heterocycles. The molecule has 16 heavy (non-hydrogen) atoms. The Morgan fingerprint density at radius 3 is 2.56 bits per heavy atom. The van der Waals surface area contributed by atoms with E-state index in [0.717, 1.165) is 11.3 Å². The van der Waals surface area contributed by atoms with Crippen molar-refractivity contribution in [2.45, 2.75) is 26.2 Å². The van der Waals surface area contributed by atoms with Gasteiger partial charge < -0.3 is 4.74 Å². The molecule has 0 saturated heterocycles. The van der Waals surface area contributed by atoms with Crippen molar-refractivity contribution in [3.63, 3.8) is 0 Å². The second-order valence-electron chi connectivity index (χ2n) is 3.49. The zero-order chi connectivity index (χ0) is 11.8. The lowest BCUT2D eigenvalue weighted by Gasteiger charge is -2.02. The summed E-state index contributed by atoms with van der Waals surface area (Å²) in [6.45, 7) is 1.79. The van der Waals surface area contributed by atoms with Crippen LogP contribution in [0.4, 0.5) is 0 Å². The Bertz CT molecular complexity index is 393. The molecule has 1 aromatic rings. The lowest BCUT2D eigenvalue weighted by Crippen LogP contribution is -2.01. The van der Waals surface area contributed by atoms with Crippen LogP contribution < -0.4 is 4.74 Å². The third-order valence-corrected chi connectivity index (χ3v) is 2.27. The summed E-state index contributed by atoms with van der Waals surface area (Å²) in [6.07, 6.45) is 1.67. The maximum Gasteiger partial charge on any atom is 0.138 e. The third kappa shape index (κ3) is 4.18. The largest absolute Gasteiger partial charge is 0.497 e. The lowest BCUT2D eigenvalue weighted by molar-refractivity contribution is -0.118. The van der Waals surface area contributed by atoms with Gasteiger partial charge in [0.1, 0.15) is 11.5 Å². The van der Waals surface area contributed by atoms with Gasteiger partial charge in [0.2, 0.25) is 0 Å². The summed E-state index contributed by atoms with van der Waals surface area (Å²) in [5.74, 6) is 6.72. The fourth-order valence-corrected chi connectivity index (χ4v) is 1.39. The predicted octanol–water partition coefficient (Wildman–Crippen LogP) is 2.61. The van der Waals surface area contributed by atoms with E-state index in [4.69, 9.17) is 4.74 Å². The summed E-state index contributed by atoms with van der Waals surface area (Å²) in [6, 6.07) is 7.58. The van der Waals surface area contributed by atoms with Gasteiger partial charge in [0.15, 0.2) is 0 Å². The maximum absolute atomic E-state index is 11.5. The number of benzene rings is 1. The molecule has 0 saturated carbocycles. The molecule has 0 aliphatic carbocycles. The first kappa shape index (κ1) is 12.3. The zero-order valence-corrected chi connectivity index (χ0v) is 9.75. The monoisotopic (exact) mass is 216 g/mol. The summed E-state index contributed by atoms with van der Waals surface area (Å²) >= 11 is 0. The van der Waals surface area contributed by atoms with Crippen molar-refractivity contribution in [3.05, 3.63) is 29.8 Å². The van der Waals surface area contributed by atoms with Crippen LogP contribution in [0.1, 0.15) is 25.3 Å². The van der Waals surface area contributed by atoms with Crippen LogP contribution in [-0.4, -0.2) is 12.9 Å². The average molecular weight is 216 g/mol. The second kappa shape index (κ2) is 6.68. The van der Waals surface area contributed by atoms with Crippen LogP contribution in [0.2, 0.25) is 0 Å². The van der Waals surface area contributed by atoms with E-state index in [1.165, 1.54) is 0 Å². The molecule has 0 fully saturated rings. The highest BCUT2D eigenvalue weighted by molar-refractivity contribution is 5.81. The quantitative estimate of drug-likeness (QED) is 0.707. The molecular weight excluding hydrogens is 200 g/mol. The second-order valence-corrected chi connectivity index (χ2v) is 3.49. The molecule has 0 unspecified atom stereocenters. The van der Waals surface area contributed by atoms with Crippen LogP contribution in [0.15, 0.2) is 24.3 Å². The van der Waals surface area contributed by atoms with E-state index in [2.05, 4.69) is 11.8 Å². The van der Waals surface area contributed by atoms with Gasteiger partial charge in [-0.2, -0.15) is 0 Å². The number of Topliss-reactive ketones (excluding diaryl/α,β-unsaturated/α-hetero) is 1. The summed E-state index contributed by atoms with van der Waals surface area (Å²) < 4.78 is 5.05. The highest BCUT2D eigenvalue weighted by atomic mass is 16.5. The molecule has 0 heterocycles. The van der Waals surface area contributed by atoms with Crippen molar-refractivity contribution in [1.29, 1.82) is 0 Å². The van der Waals surface area contributed by atoms with Gasteiger partial charge in [0.05, 0.1) is 7.11 Å². The molecule has 2 nitrogen and oxygen atoms in total. The molecule has 2 heteroatoms. The smallest absolute Gasteiger partial charge is 0.138 e. The Labute approximate surface area is 96.6 Å². The van der Waals surface area contributed by atoms with E-state index >= 15 is 0 Å². The number of carbonyl (C=O) groups excluding carboxylic acids is 1. The van der Waals surface area contributed by atoms with E-state index in [-0.39, 0.29) is 5.78 Å². The van der Waals surface area contributed by atoms with Gasteiger partial charge in [-0.25, -0.2) is 0 Å².